The van der Waals surface area contributed by atoms with Gasteiger partial charge in [-0.25, -0.2) is 0 Å². The second-order valence-electron chi connectivity index (χ2n) is 0.115. The molecule has 0 unspecified atom stereocenters. The van der Waals surface area contributed by atoms with E-state index >= 15 is 0 Å². The van der Waals surface area contributed by atoms with Gasteiger partial charge in [-0.15, -0.1) is 0 Å². The second-order valence-corrected chi connectivity index (χ2v) is 0.346. The third-order valence-corrected chi connectivity index (χ3v) is 0. The van der Waals surface area contributed by atoms with Crippen LogP contribution < -0.4 is 0 Å². The second kappa shape index (κ2) is 8.82. The van der Waals surface area contributed by atoms with Crippen LogP contribution in [-0.2, 0) is 0 Å². The Kier molecular flexibility index (Phi) is 20.0. The molecular formula is H3AlNaO2. The average molecular weight is 85.0 g/mol. The minimum atomic E-state index is -1.25. The molecular weight excluding hydrogens is 82.0 g/mol. The molecule has 0 aliphatic rings. The van der Waals surface area contributed by atoms with Gasteiger partial charge in [0.15, 0.2) is 0 Å². The Hall–Kier alpha value is 1.45. The molecule has 2 N–H and O–H groups in total. The Morgan fingerprint density at radius 3 is 1.25 bits per heavy atom. The number of hydrogen-bond acceptors (Lipinski definition) is 2. The van der Waals surface area contributed by atoms with Crippen molar-refractivity contribution in [3.05, 3.63) is 0 Å². The zero-order valence-electron chi connectivity index (χ0n) is 1.47. The van der Waals surface area contributed by atoms with Crippen LogP contribution in [0.4, 0.5) is 0 Å². The van der Waals surface area contributed by atoms with Crippen molar-refractivity contribution in [1.29, 1.82) is 0 Å². The molecule has 0 aliphatic carbocycles. The molecule has 0 saturated heterocycles. The predicted molar refractivity (Wildman–Crippen MR) is 17.3 cm³/mol. The molecule has 4 heavy (non-hydrogen) atoms. The summed E-state index contributed by atoms with van der Waals surface area (Å²) >= 11 is -1.25. The van der Waals surface area contributed by atoms with Gasteiger partial charge in [0.05, 0.1) is 0 Å². The van der Waals surface area contributed by atoms with Gasteiger partial charge < -0.3 is 8.32 Å². The van der Waals surface area contributed by atoms with Crippen LogP contribution in [0.3, 0.4) is 0 Å². The van der Waals surface area contributed by atoms with E-state index in [1.54, 1.807) is 0 Å². The number of rotatable bonds is 0. The fraction of sp³-hybridized carbons (Fsp3) is 0. The van der Waals surface area contributed by atoms with Gasteiger partial charge in [-0.3, -0.25) is 0 Å². The predicted octanol–water partition coefficient (Wildman–Crippen LogP) is -2.14. The molecule has 0 aromatic rings. The normalized spacial score (nSPS) is 3.50. The average Bonchev–Trinajstić information content (AvgIpc) is 0.918. The van der Waals surface area contributed by atoms with Gasteiger partial charge in [0.2, 0.25) is 0 Å². The summed E-state index contributed by atoms with van der Waals surface area (Å²) in [6.45, 7) is 0. The van der Waals surface area contributed by atoms with Gasteiger partial charge in [0, 0.05) is 0 Å². The summed E-state index contributed by atoms with van der Waals surface area (Å²) in [6.07, 6.45) is 0. The van der Waals surface area contributed by atoms with Gasteiger partial charge in [0.1, 0.15) is 0 Å². The topological polar surface area (TPSA) is 40.5 Å². The zero-order chi connectivity index (χ0) is 2.71. The Morgan fingerprint density at radius 1 is 1.25 bits per heavy atom. The van der Waals surface area contributed by atoms with Crippen LogP contribution in [0, 0.1) is 0 Å². The van der Waals surface area contributed by atoms with E-state index in [-0.39, 0.29) is 29.6 Å². The first-order valence-corrected chi connectivity index (χ1v) is 1.55. The van der Waals surface area contributed by atoms with Gasteiger partial charge in [-0.1, -0.05) is 0 Å². The van der Waals surface area contributed by atoms with Crippen molar-refractivity contribution < 1.29 is 8.32 Å². The SMILES string of the molecule is [NaH].[OH][Al][OH]. The molecule has 0 aromatic carbocycles. The van der Waals surface area contributed by atoms with Gasteiger partial charge in [-0.2, -0.15) is 0 Å². The molecule has 19 valence electrons. The number of hydrogen-bond donors (Lipinski definition) is 2. The Morgan fingerprint density at radius 2 is 1.25 bits per heavy atom. The molecule has 0 bridgehead atoms. The molecule has 0 atom stereocenters. The Bertz CT molecular complexity index is 6.00. The van der Waals surface area contributed by atoms with Crippen LogP contribution in [0.25, 0.3) is 0 Å². The van der Waals surface area contributed by atoms with Crippen LogP contribution >= 0.6 is 0 Å². The van der Waals surface area contributed by atoms with Crippen LogP contribution in [0.2, 0.25) is 0 Å². The fourth-order valence-corrected chi connectivity index (χ4v) is 0. The first-order valence-electron chi connectivity index (χ1n) is 0.516. The molecule has 4 heteroatoms. The van der Waals surface area contributed by atoms with Crippen molar-refractivity contribution in [1.82, 2.24) is 0 Å². The smallest absolute Gasteiger partial charge is 0.499 e. The maximum Gasteiger partial charge on any atom is 0.662 e. The van der Waals surface area contributed by atoms with Crippen molar-refractivity contribution in [3.8, 4) is 0 Å². The maximum atomic E-state index is 7.21. The van der Waals surface area contributed by atoms with Crippen LogP contribution in [0.5, 0.6) is 0 Å². The van der Waals surface area contributed by atoms with Crippen LogP contribution in [0.15, 0.2) is 0 Å². The summed E-state index contributed by atoms with van der Waals surface area (Å²) in [4.78, 5) is 0. The minimum Gasteiger partial charge on any atom is -0.499 e. The summed E-state index contributed by atoms with van der Waals surface area (Å²) in [5, 5.41) is 0. The third kappa shape index (κ3) is 9.84. The van der Waals surface area contributed by atoms with Crippen molar-refractivity contribution in [2.45, 2.75) is 0 Å². The van der Waals surface area contributed by atoms with Crippen molar-refractivity contribution >= 4 is 45.4 Å². The van der Waals surface area contributed by atoms with E-state index in [1.165, 1.54) is 0 Å². The van der Waals surface area contributed by atoms with E-state index < -0.39 is 15.9 Å². The summed E-state index contributed by atoms with van der Waals surface area (Å²) in [5.74, 6) is 0. The fourth-order valence-electron chi connectivity index (χ4n) is 0. The minimum absolute atomic E-state index is 0. The first kappa shape index (κ1) is 9.07. The zero-order valence-corrected chi connectivity index (χ0v) is 2.63. The summed E-state index contributed by atoms with van der Waals surface area (Å²) in [5.41, 5.74) is 0. The molecule has 0 amide bonds. The molecule has 0 heterocycles. The molecule has 0 rings (SSSR count). The molecule has 0 spiro atoms. The molecule has 0 aromatic heterocycles. The molecule has 0 aliphatic heterocycles. The quantitative estimate of drug-likeness (QED) is 0.329. The van der Waals surface area contributed by atoms with E-state index in [4.69, 9.17) is 8.32 Å². The van der Waals surface area contributed by atoms with E-state index in [0.717, 1.165) is 0 Å². The van der Waals surface area contributed by atoms with Crippen LogP contribution in [-0.4, -0.2) is 53.8 Å². The largest absolute Gasteiger partial charge is 0.662 e. The first-order chi connectivity index (χ1) is 1.41. The van der Waals surface area contributed by atoms with Crippen LogP contribution in [0.1, 0.15) is 0 Å². The molecule has 0 fully saturated rings. The molecule has 1 radical (unpaired) electrons. The van der Waals surface area contributed by atoms with Crippen molar-refractivity contribution in [2.24, 2.45) is 0 Å². The van der Waals surface area contributed by atoms with E-state index in [9.17, 15) is 0 Å². The molecule has 2 nitrogen and oxygen atoms in total. The van der Waals surface area contributed by atoms with Gasteiger partial charge in [-0.05, 0) is 0 Å². The third-order valence-electron chi connectivity index (χ3n) is 0. The van der Waals surface area contributed by atoms with Gasteiger partial charge >= 0.3 is 45.4 Å². The maximum absolute atomic E-state index is 7.21. The van der Waals surface area contributed by atoms with Gasteiger partial charge in [0.25, 0.3) is 0 Å². The summed E-state index contributed by atoms with van der Waals surface area (Å²) < 4.78 is 14.4. The molecule has 0 saturated carbocycles. The Balaban J connectivity index is 0. The Labute approximate surface area is 53.5 Å². The summed E-state index contributed by atoms with van der Waals surface area (Å²) in [7, 11) is 0. The van der Waals surface area contributed by atoms with E-state index in [0.29, 0.717) is 0 Å². The standard InChI is InChI=1S/Al.Na.2H2O.H/h;;2*1H2;/q+2;;;;/p-2. The van der Waals surface area contributed by atoms with E-state index in [1.807, 2.05) is 0 Å². The van der Waals surface area contributed by atoms with Crippen molar-refractivity contribution in [2.75, 3.05) is 0 Å². The van der Waals surface area contributed by atoms with Crippen molar-refractivity contribution in [3.63, 3.8) is 0 Å². The summed E-state index contributed by atoms with van der Waals surface area (Å²) in [6, 6.07) is 0. The van der Waals surface area contributed by atoms with E-state index in [2.05, 4.69) is 0 Å². The monoisotopic (exact) mass is 85.0 g/mol.